The minimum absolute atomic E-state index is 0.0943. The Bertz CT molecular complexity index is 863. The number of nitrogens with two attached hydrogens (primary N) is 1. The second-order valence-electron chi connectivity index (χ2n) is 6.94. The van der Waals surface area contributed by atoms with Crippen molar-refractivity contribution in [1.29, 1.82) is 0 Å². The van der Waals surface area contributed by atoms with Crippen molar-refractivity contribution >= 4 is 40.9 Å². The number of halogens is 2. The quantitative estimate of drug-likeness (QED) is 0.826. The van der Waals surface area contributed by atoms with Gasteiger partial charge in [0.05, 0.1) is 21.1 Å². The molecule has 1 aromatic carbocycles. The lowest BCUT2D eigenvalue weighted by Crippen LogP contribution is -2.44. The second-order valence-corrected chi connectivity index (χ2v) is 8.81. The van der Waals surface area contributed by atoms with Gasteiger partial charge in [-0.15, -0.1) is 0 Å². The van der Waals surface area contributed by atoms with Crippen LogP contribution < -0.4 is 16.2 Å². The van der Waals surface area contributed by atoms with Crippen LogP contribution in [0.4, 0.5) is 5.95 Å². The normalized spacial score (nSPS) is 16.7. The van der Waals surface area contributed by atoms with Crippen molar-refractivity contribution in [2.45, 2.75) is 29.6 Å². The van der Waals surface area contributed by atoms with E-state index < -0.39 is 0 Å². The summed E-state index contributed by atoms with van der Waals surface area (Å²) in [4.78, 5) is 20.7. The van der Waals surface area contributed by atoms with Crippen LogP contribution in [-0.2, 0) is 7.05 Å². The molecular weight excluding hydrogens is 391 g/mol. The van der Waals surface area contributed by atoms with Gasteiger partial charge in [0, 0.05) is 25.0 Å². The highest BCUT2D eigenvalue weighted by Gasteiger charge is 2.30. The van der Waals surface area contributed by atoms with Crippen molar-refractivity contribution in [1.82, 2.24) is 9.55 Å². The Morgan fingerprint density at radius 1 is 1.27 bits per heavy atom. The molecule has 0 atom stereocenters. The molecule has 0 radical (unpaired) electrons. The molecule has 1 saturated heterocycles. The van der Waals surface area contributed by atoms with E-state index in [-0.39, 0.29) is 11.0 Å². The van der Waals surface area contributed by atoms with Crippen LogP contribution >= 0.6 is 35.0 Å². The maximum atomic E-state index is 12.8. The Hall–Kier alpha value is -1.21. The molecule has 1 aliphatic rings. The van der Waals surface area contributed by atoms with Crippen LogP contribution in [0.15, 0.2) is 39.0 Å². The van der Waals surface area contributed by atoms with E-state index in [0.717, 1.165) is 30.8 Å². The predicted octanol–water partition coefficient (Wildman–Crippen LogP) is 3.80. The third-order valence-corrected chi connectivity index (χ3v) is 6.99. The van der Waals surface area contributed by atoms with Crippen molar-refractivity contribution in [2.75, 3.05) is 24.5 Å². The van der Waals surface area contributed by atoms with Gasteiger partial charge in [0.25, 0.3) is 5.56 Å². The number of benzene rings is 1. The van der Waals surface area contributed by atoms with Crippen molar-refractivity contribution in [3.8, 4) is 0 Å². The highest BCUT2D eigenvalue weighted by molar-refractivity contribution is 7.99. The molecule has 2 N–H and O–H groups in total. The van der Waals surface area contributed by atoms with Gasteiger partial charge in [0.1, 0.15) is 0 Å². The minimum atomic E-state index is -0.0943. The van der Waals surface area contributed by atoms with Crippen molar-refractivity contribution < 1.29 is 0 Å². The average Bonchev–Trinajstić information content (AvgIpc) is 2.64. The first-order chi connectivity index (χ1) is 12.3. The highest BCUT2D eigenvalue weighted by atomic mass is 35.5. The first kappa shape index (κ1) is 19.5. The van der Waals surface area contributed by atoms with Crippen LogP contribution in [0.25, 0.3) is 0 Å². The summed E-state index contributed by atoms with van der Waals surface area (Å²) in [6, 6.07) is 5.37. The largest absolute Gasteiger partial charge is 0.342 e. The second kappa shape index (κ2) is 7.80. The summed E-state index contributed by atoms with van der Waals surface area (Å²) in [6.07, 6.45) is 3.61. The fourth-order valence-corrected chi connectivity index (χ4v) is 4.40. The first-order valence-corrected chi connectivity index (χ1v) is 10.0. The standard InChI is InChI=1S/C18H22Cl2N4OS/c1-18(11-21)6-8-24(9-7-18)17-22-10-14(16(25)23(17)2)26-13-5-3-4-12(19)15(13)20/h3-5,10H,6-9,11,21H2,1-2H3. The van der Waals surface area contributed by atoms with E-state index in [9.17, 15) is 4.79 Å². The van der Waals surface area contributed by atoms with Crippen molar-refractivity contribution in [3.63, 3.8) is 0 Å². The third kappa shape index (κ3) is 3.88. The highest BCUT2D eigenvalue weighted by Crippen LogP contribution is 2.36. The fourth-order valence-electron chi connectivity index (χ4n) is 3.01. The summed E-state index contributed by atoms with van der Waals surface area (Å²) in [6.45, 7) is 4.59. The van der Waals surface area contributed by atoms with Gasteiger partial charge in [-0.2, -0.15) is 0 Å². The number of hydrogen-bond acceptors (Lipinski definition) is 5. The molecule has 1 aromatic heterocycles. The van der Waals surface area contributed by atoms with E-state index in [1.165, 1.54) is 11.8 Å². The molecule has 1 fully saturated rings. The van der Waals surface area contributed by atoms with Crippen molar-refractivity contribution in [2.24, 2.45) is 18.2 Å². The van der Waals surface area contributed by atoms with Crippen LogP contribution in [0.3, 0.4) is 0 Å². The SMILES string of the molecule is Cn1c(N2CCC(C)(CN)CC2)ncc(Sc2cccc(Cl)c2Cl)c1=O. The third-order valence-electron chi connectivity index (χ3n) is 4.99. The van der Waals surface area contributed by atoms with E-state index in [1.54, 1.807) is 23.9 Å². The molecule has 0 amide bonds. The number of rotatable bonds is 4. The lowest BCUT2D eigenvalue weighted by molar-refractivity contribution is 0.256. The number of nitrogens with zero attached hydrogens (tertiary/aromatic N) is 3. The monoisotopic (exact) mass is 412 g/mol. The van der Waals surface area contributed by atoms with Crippen LogP contribution in [0.5, 0.6) is 0 Å². The zero-order valence-electron chi connectivity index (χ0n) is 14.8. The molecule has 1 aliphatic heterocycles. The number of anilines is 1. The van der Waals surface area contributed by atoms with E-state index in [0.29, 0.717) is 27.4 Å². The molecule has 0 saturated carbocycles. The molecule has 0 spiro atoms. The number of piperidine rings is 1. The Kier molecular flexibility index (Phi) is 5.87. The fraction of sp³-hybridized carbons (Fsp3) is 0.444. The van der Waals surface area contributed by atoms with E-state index >= 15 is 0 Å². The molecular formula is C18H22Cl2N4OS. The zero-order chi connectivity index (χ0) is 18.9. The van der Waals surface area contributed by atoms with E-state index in [4.69, 9.17) is 28.9 Å². The molecule has 3 rings (SSSR count). The van der Waals surface area contributed by atoms with Gasteiger partial charge in [-0.25, -0.2) is 4.98 Å². The van der Waals surface area contributed by atoms with E-state index in [2.05, 4.69) is 16.8 Å². The van der Waals surface area contributed by atoms with Crippen LogP contribution in [0.1, 0.15) is 19.8 Å². The molecule has 8 heteroatoms. The summed E-state index contributed by atoms with van der Waals surface area (Å²) in [5, 5.41) is 0.914. The van der Waals surface area contributed by atoms with Gasteiger partial charge in [-0.05, 0) is 36.9 Å². The van der Waals surface area contributed by atoms with Gasteiger partial charge in [0.2, 0.25) is 5.95 Å². The van der Waals surface area contributed by atoms with Gasteiger partial charge >= 0.3 is 0 Å². The molecule has 0 aliphatic carbocycles. The maximum absolute atomic E-state index is 12.8. The summed E-state index contributed by atoms with van der Waals surface area (Å²) in [7, 11) is 1.76. The zero-order valence-corrected chi connectivity index (χ0v) is 17.2. The van der Waals surface area contributed by atoms with E-state index in [1.807, 2.05) is 12.1 Å². The van der Waals surface area contributed by atoms with Crippen molar-refractivity contribution in [3.05, 3.63) is 44.8 Å². The van der Waals surface area contributed by atoms with Gasteiger partial charge < -0.3 is 10.6 Å². The van der Waals surface area contributed by atoms with Gasteiger partial charge in [0.15, 0.2) is 0 Å². The predicted molar refractivity (Wildman–Crippen MR) is 109 cm³/mol. The van der Waals surface area contributed by atoms with Crippen LogP contribution in [0, 0.1) is 5.41 Å². The molecule has 2 heterocycles. The minimum Gasteiger partial charge on any atom is -0.342 e. The van der Waals surface area contributed by atoms with Crippen LogP contribution in [-0.4, -0.2) is 29.2 Å². The molecule has 5 nitrogen and oxygen atoms in total. The Labute approximate surface area is 167 Å². The Morgan fingerprint density at radius 2 is 1.96 bits per heavy atom. The average molecular weight is 413 g/mol. The molecule has 140 valence electrons. The number of aromatic nitrogens is 2. The van der Waals surface area contributed by atoms with Gasteiger partial charge in [-0.3, -0.25) is 9.36 Å². The Morgan fingerprint density at radius 3 is 2.62 bits per heavy atom. The Balaban J connectivity index is 1.83. The molecule has 0 bridgehead atoms. The first-order valence-electron chi connectivity index (χ1n) is 8.47. The van der Waals surface area contributed by atoms with Crippen LogP contribution in [0.2, 0.25) is 10.0 Å². The summed E-state index contributed by atoms with van der Waals surface area (Å²) in [5.74, 6) is 0.690. The van der Waals surface area contributed by atoms with Gasteiger partial charge in [-0.1, -0.05) is 48.0 Å². The lowest BCUT2D eigenvalue weighted by atomic mass is 9.81. The molecule has 2 aromatic rings. The summed E-state index contributed by atoms with van der Waals surface area (Å²) in [5.41, 5.74) is 5.96. The molecule has 26 heavy (non-hydrogen) atoms. The lowest BCUT2D eigenvalue weighted by Gasteiger charge is -2.39. The summed E-state index contributed by atoms with van der Waals surface area (Å²) < 4.78 is 1.60. The topological polar surface area (TPSA) is 64.2 Å². The molecule has 0 unspecified atom stereocenters. The smallest absolute Gasteiger partial charge is 0.268 e. The maximum Gasteiger partial charge on any atom is 0.268 e. The number of hydrogen-bond donors (Lipinski definition) is 1. The summed E-state index contributed by atoms with van der Waals surface area (Å²) >= 11 is 13.6.